The zero-order chi connectivity index (χ0) is 45.9. The number of fused-ring (bicyclic) bond motifs is 4. The summed E-state index contributed by atoms with van der Waals surface area (Å²) in [4.78, 5) is 24.2. The number of rotatable bonds is 15. The molecule has 4 aliphatic carbocycles. The fourth-order valence-corrected chi connectivity index (χ4v) is 13.1. The molecule has 64 heavy (non-hydrogen) atoms. The monoisotopic (exact) mass is 1070 g/mol. The minimum absolute atomic E-state index is 0. The summed E-state index contributed by atoms with van der Waals surface area (Å²) in [7, 11) is 1.63. The number of hydrogen-bond acceptors (Lipinski definition) is 12. The maximum absolute atomic E-state index is 13.2. The van der Waals surface area contributed by atoms with E-state index in [1.165, 1.54) is 76.5 Å². The molecule has 16 nitrogen and oxygen atoms in total. The molecule has 364 valence electrons. The van der Waals surface area contributed by atoms with E-state index in [9.17, 15) is 26.4 Å². The van der Waals surface area contributed by atoms with Crippen molar-refractivity contribution < 1.29 is 43.9 Å². The van der Waals surface area contributed by atoms with Crippen molar-refractivity contribution in [3.8, 4) is 0 Å². The number of amides is 1. The van der Waals surface area contributed by atoms with E-state index in [0.717, 1.165) is 29.1 Å². The number of nitrogens with two attached hydrogens (primary N) is 1. The van der Waals surface area contributed by atoms with Crippen LogP contribution >= 0.6 is 0 Å². The first-order valence-corrected chi connectivity index (χ1v) is 24.0. The zero-order valence-corrected chi connectivity index (χ0v) is 45.8. The van der Waals surface area contributed by atoms with Crippen LogP contribution in [0.5, 0.6) is 0 Å². The van der Waals surface area contributed by atoms with Crippen LogP contribution in [0, 0.1) is 33.5 Å². The number of nitrogens with zero attached hydrogens (tertiary/aromatic N) is 2. The van der Waals surface area contributed by atoms with Crippen molar-refractivity contribution in [3.05, 3.63) is 47.5 Å². The number of anilines is 2. The largest absolute Gasteiger partial charge is 2.00 e. The number of carbonyl (C=O) groups excluding carboxylic acids is 1. The summed E-state index contributed by atoms with van der Waals surface area (Å²) in [5.74, 6) is 0.122. The Morgan fingerprint density at radius 1 is 0.766 bits per heavy atom. The van der Waals surface area contributed by atoms with Crippen LogP contribution in [0.15, 0.2) is 46.2 Å². The first-order valence-electron chi connectivity index (χ1n) is 21.1. The second kappa shape index (κ2) is 23.5. The molecular weight excluding hydrogens is 984 g/mol. The van der Waals surface area contributed by atoms with Crippen LogP contribution in [-0.4, -0.2) is 172 Å². The normalized spacial score (nSPS) is 25.7. The standard InChI is InChI=1S/C22H35N3O4S.C12H18N2O5S.C10H19N.CH4.Ba.H3N.2H/c1-21(2)16-9-10-22(3,14-16)20(21)24-19(26)15-7-8-17(23-4)18(13-15)30(27,28)25(5)11-12-29-6;1-13-10-5-4-9(12(15)16)8-11(10)20(17,18)14(2)6-7-19-3;1-9(2)7-4-5-10(3,6-7)8(9)11;;;;;/h7-8,13,16,20,23H,9-12,14H2,1-6H3,(H,24,26);4-5,8,13H,6-7H2,1-3H3,(H,15,16);7-8H,4-6,11H2,1-3H3;1H4;;1H3;;/q;;;;+2;;2*-1/t16-,20?,22+;;7-,8?,10+;;;;;/m1.1...../s1. The Labute approximate surface area is 428 Å². The van der Waals surface area contributed by atoms with Crippen LogP contribution in [0.3, 0.4) is 0 Å². The average molecular weight is 1070 g/mol. The molecule has 4 aliphatic rings. The number of carboxylic acids is 1. The minimum Gasteiger partial charge on any atom is -1.00 e. The third-order valence-corrected chi connectivity index (χ3v) is 18.3. The number of nitrogens with one attached hydrogen (secondary N) is 3. The number of likely N-dealkylation sites (N-methyl/N-ethyl adjacent to an activating group) is 2. The van der Waals surface area contributed by atoms with Crippen LogP contribution in [0.4, 0.5) is 11.4 Å². The van der Waals surface area contributed by atoms with Crippen LogP contribution in [0.25, 0.3) is 0 Å². The minimum atomic E-state index is -3.78. The molecule has 4 saturated carbocycles. The molecule has 2 aromatic carbocycles. The number of hydrogen-bond donors (Lipinski definition) is 6. The summed E-state index contributed by atoms with van der Waals surface area (Å²) in [6.45, 7) is 14.7. The van der Waals surface area contributed by atoms with Crippen LogP contribution < -0.4 is 27.8 Å². The Bertz CT molecular complexity index is 2130. The van der Waals surface area contributed by atoms with Gasteiger partial charge < -0.3 is 45.3 Å². The third kappa shape index (κ3) is 12.5. The Kier molecular flexibility index (Phi) is 22.1. The Morgan fingerprint density at radius 3 is 1.52 bits per heavy atom. The molecule has 9 N–H and O–H groups in total. The summed E-state index contributed by atoms with van der Waals surface area (Å²) in [5.41, 5.74) is 8.34. The number of carboxylic acid groups (broad SMARTS) is 1. The summed E-state index contributed by atoms with van der Waals surface area (Å²) < 4.78 is 63.3. The number of benzene rings is 2. The molecule has 1 amide bonds. The number of carbonyl (C=O) groups is 2. The molecular formula is C45H81BaN7O9S2. The fraction of sp³-hybridized carbons (Fsp3) is 0.689. The van der Waals surface area contributed by atoms with E-state index >= 15 is 0 Å². The van der Waals surface area contributed by atoms with Crippen molar-refractivity contribution in [2.75, 3.05) is 79.3 Å². The van der Waals surface area contributed by atoms with E-state index in [1.54, 1.807) is 26.2 Å². The molecule has 0 heterocycles. The molecule has 4 fully saturated rings. The maximum atomic E-state index is 13.2. The van der Waals surface area contributed by atoms with Crippen molar-refractivity contribution in [1.29, 1.82) is 0 Å². The van der Waals surface area contributed by atoms with Gasteiger partial charge in [-0.3, -0.25) is 4.79 Å². The van der Waals surface area contributed by atoms with E-state index in [2.05, 4.69) is 57.5 Å². The van der Waals surface area contributed by atoms with Crippen molar-refractivity contribution in [3.63, 3.8) is 0 Å². The molecule has 6 atom stereocenters. The van der Waals surface area contributed by atoms with Crippen molar-refractivity contribution in [2.24, 2.45) is 39.2 Å². The van der Waals surface area contributed by atoms with Gasteiger partial charge in [0.25, 0.3) is 5.91 Å². The molecule has 0 spiro atoms. The molecule has 6 rings (SSSR count). The van der Waals surface area contributed by atoms with Gasteiger partial charge in [-0.25, -0.2) is 21.6 Å². The number of ether oxygens (including phenoxy) is 2. The SMILES string of the molecule is C.CC1(C)C(N)[C@@]2(C)CC[C@@H]1C2.CNc1ccc(C(=O)NC2C(C)(C)[C@@H]3CC[C@@]2(C)C3)cc1S(=O)(=O)N(C)CCOC.CNc1ccc(C(=O)O)cc1S(=O)(=O)N(C)CCOC.N.[Ba+2].[H-].[H-]. The topological polar surface area (TPSA) is 245 Å². The summed E-state index contributed by atoms with van der Waals surface area (Å²) in [6.07, 6.45) is 7.62. The van der Waals surface area contributed by atoms with Crippen molar-refractivity contribution in [2.45, 2.75) is 109 Å². The average Bonchev–Trinajstić information content (AvgIpc) is 3.92. The van der Waals surface area contributed by atoms with Crippen LogP contribution in [0.2, 0.25) is 0 Å². The quantitative estimate of drug-likeness (QED) is 0.105. The molecule has 0 aliphatic heterocycles. The molecule has 19 heteroatoms. The van der Waals surface area contributed by atoms with Gasteiger partial charge in [0, 0.05) is 73.1 Å². The maximum Gasteiger partial charge on any atom is 2.00 e. The number of aromatic carboxylic acids is 1. The van der Waals surface area contributed by atoms with Crippen molar-refractivity contribution >= 4 is 92.2 Å². The predicted molar refractivity (Wildman–Crippen MR) is 260 cm³/mol. The zero-order valence-electron chi connectivity index (χ0n) is 41.8. The number of sulfonamides is 2. The van der Waals surface area contributed by atoms with Gasteiger partial charge in [-0.15, -0.1) is 0 Å². The van der Waals surface area contributed by atoms with Crippen LogP contribution in [0.1, 0.15) is 111 Å². The first-order chi connectivity index (χ1) is 28.3. The summed E-state index contributed by atoms with van der Waals surface area (Å²) in [6, 6.07) is 9.24. The molecule has 2 aromatic rings. The smallest absolute Gasteiger partial charge is 1.00 e. The second-order valence-electron chi connectivity index (χ2n) is 19.1. The van der Waals surface area contributed by atoms with Gasteiger partial charge in [-0.05, 0) is 108 Å². The van der Waals surface area contributed by atoms with E-state index < -0.39 is 26.0 Å². The molecule has 0 aromatic heterocycles. The Morgan fingerprint density at radius 2 is 1.17 bits per heavy atom. The van der Waals surface area contributed by atoms with E-state index in [-0.39, 0.29) is 123 Å². The van der Waals surface area contributed by atoms with Gasteiger partial charge in [-0.1, -0.05) is 49.0 Å². The summed E-state index contributed by atoms with van der Waals surface area (Å²) >= 11 is 0. The first kappa shape index (κ1) is 60.2. The molecule has 2 unspecified atom stereocenters. The third-order valence-electron chi connectivity index (χ3n) is 14.5. The molecule has 0 saturated heterocycles. The van der Waals surface area contributed by atoms with Gasteiger partial charge in [0.1, 0.15) is 9.79 Å². The molecule has 4 bridgehead atoms. The number of methoxy groups -OCH3 is 2. The van der Waals surface area contributed by atoms with E-state index in [4.69, 9.17) is 20.3 Å². The fourth-order valence-electron chi connectivity index (χ4n) is 10.4. The van der Waals surface area contributed by atoms with Gasteiger partial charge in [0.15, 0.2) is 0 Å². The van der Waals surface area contributed by atoms with E-state index in [0.29, 0.717) is 46.3 Å². The Hall–Kier alpha value is -1.79. The van der Waals surface area contributed by atoms with Gasteiger partial charge in [0.05, 0.1) is 30.2 Å². The predicted octanol–water partition coefficient (Wildman–Crippen LogP) is 6.44. The van der Waals surface area contributed by atoms with Gasteiger partial charge in [0.2, 0.25) is 20.0 Å². The summed E-state index contributed by atoms with van der Waals surface area (Å²) in [5, 5.41) is 17.9. The molecule has 0 radical (unpaired) electrons. The van der Waals surface area contributed by atoms with E-state index in [1.807, 2.05) is 0 Å². The van der Waals surface area contributed by atoms with Gasteiger partial charge in [-0.2, -0.15) is 8.61 Å². The van der Waals surface area contributed by atoms with Gasteiger partial charge >= 0.3 is 54.9 Å². The van der Waals surface area contributed by atoms with Crippen LogP contribution in [-0.2, 0) is 29.5 Å². The van der Waals surface area contributed by atoms with Crippen molar-refractivity contribution in [1.82, 2.24) is 20.1 Å². The second-order valence-corrected chi connectivity index (χ2v) is 23.1. The Balaban J connectivity index is 0.